The minimum absolute atomic E-state index is 0.0512. The van der Waals surface area contributed by atoms with Crippen LogP contribution in [0, 0.1) is 0 Å². The fraction of sp³-hybridized carbons (Fsp3) is 0.318. The Kier molecular flexibility index (Phi) is 10.1. The van der Waals surface area contributed by atoms with Crippen molar-refractivity contribution in [3.05, 3.63) is 58.1 Å². The number of hydrazine groups is 1. The second-order valence-corrected chi connectivity index (χ2v) is 7.70. The van der Waals surface area contributed by atoms with Gasteiger partial charge in [0.05, 0.1) is 31.2 Å². The van der Waals surface area contributed by atoms with Crippen LogP contribution in [0.25, 0.3) is 0 Å². The van der Waals surface area contributed by atoms with Crippen molar-refractivity contribution in [1.29, 1.82) is 0 Å². The van der Waals surface area contributed by atoms with E-state index in [4.69, 9.17) is 32.7 Å². The molecule has 8 nitrogen and oxygen atoms in total. The summed E-state index contributed by atoms with van der Waals surface area (Å²) in [6.45, 7) is 1.64. The van der Waals surface area contributed by atoms with Crippen molar-refractivity contribution < 1.29 is 23.9 Å². The molecule has 10 heteroatoms. The first-order valence-electron chi connectivity index (χ1n) is 9.85. The zero-order valence-corrected chi connectivity index (χ0v) is 19.3. The number of methoxy groups -OCH3 is 1. The molecule has 0 aliphatic rings. The van der Waals surface area contributed by atoms with Gasteiger partial charge in [0.1, 0.15) is 11.5 Å². The monoisotopic (exact) mass is 481 g/mol. The number of halogens is 2. The molecular formula is C22H25Cl2N3O5. The lowest BCUT2D eigenvalue weighted by atomic mass is 10.0. The number of hydrogen-bond acceptors (Lipinski definition) is 5. The first kappa shape index (κ1) is 25.3. The van der Waals surface area contributed by atoms with Gasteiger partial charge in [-0.2, -0.15) is 0 Å². The Labute approximate surface area is 196 Å². The number of hydrogen-bond donors (Lipinski definition) is 3. The Morgan fingerprint density at radius 3 is 2.31 bits per heavy atom. The molecule has 0 radical (unpaired) electrons. The topological polar surface area (TPSA) is 106 Å². The van der Waals surface area contributed by atoms with E-state index < -0.39 is 11.9 Å². The second-order valence-electron chi connectivity index (χ2n) is 6.85. The summed E-state index contributed by atoms with van der Waals surface area (Å²) in [7, 11) is 1.55. The first-order chi connectivity index (χ1) is 15.3. The van der Waals surface area contributed by atoms with E-state index in [-0.39, 0.29) is 31.3 Å². The molecule has 1 unspecified atom stereocenters. The SMILES string of the molecule is COc1ccc(C(CC(=O)NNC(=O)CCCOc2ccc(Cl)cc2Cl)NC(C)=O)cc1. The predicted octanol–water partition coefficient (Wildman–Crippen LogP) is 3.58. The standard InChI is InChI=1S/C22H25Cl2N3O5/c1-14(28)25-19(15-5-8-17(31-2)9-6-15)13-22(30)27-26-21(29)4-3-11-32-20-10-7-16(23)12-18(20)24/h5-10,12,19H,3-4,11,13H2,1-2H3,(H,25,28)(H,26,29)(H,27,30). The first-order valence-corrected chi connectivity index (χ1v) is 10.6. The summed E-state index contributed by atoms with van der Waals surface area (Å²) in [6, 6.07) is 11.3. The van der Waals surface area contributed by atoms with Crippen LogP contribution in [0.15, 0.2) is 42.5 Å². The quantitative estimate of drug-likeness (QED) is 0.355. The number of amides is 3. The minimum Gasteiger partial charge on any atom is -0.497 e. The lowest BCUT2D eigenvalue weighted by molar-refractivity contribution is -0.129. The Bertz CT molecular complexity index is 938. The van der Waals surface area contributed by atoms with Gasteiger partial charge in [0.15, 0.2) is 0 Å². The van der Waals surface area contributed by atoms with Crippen LogP contribution in [0.3, 0.4) is 0 Å². The molecule has 0 aliphatic heterocycles. The maximum Gasteiger partial charge on any atom is 0.240 e. The highest BCUT2D eigenvalue weighted by molar-refractivity contribution is 6.35. The zero-order chi connectivity index (χ0) is 23.5. The highest BCUT2D eigenvalue weighted by Gasteiger charge is 2.17. The minimum atomic E-state index is -0.548. The smallest absolute Gasteiger partial charge is 0.240 e. The van der Waals surface area contributed by atoms with Gasteiger partial charge in [-0.05, 0) is 42.3 Å². The van der Waals surface area contributed by atoms with Gasteiger partial charge < -0.3 is 14.8 Å². The molecule has 172 valence electrons. The van der Waals surface area contributed by atoms with Crippen LogP contribution in [-0.2, 0) is 14.4 Å². The molecule has 3 N–H and O–H groups in total. The van der Waals surface area contributed by atoms with Gasteiger partial charge >= 0.3 is 0 Å². The van der Waals surface area contributed by atoms with Crippen molar-refractivity contribution in [2.45, 2.75) is 32.2 Å². The normalized spacial score (nSPS) is 11.2. The predicted molar refractivity (Wildman–Crippen MR) is 122 cm³/mol. The van der Waals surface area contributed by atoms with E-state index in [9.17, 15) is 14.4 Å². The Balaban J connectivity index is 1.75. The largest absolute Gasteiger partial charge is 0.497 e. The molecule has 3 amide bonds. The summed E-state index contributed by atoms with van der Waals surface area (Å²) in [5, 5.41) is 3.62. The van der Waals surface area contributed by atoms with Crippen molar-refractivity contribution in [1.82, 2.24) is 16.2 Å². The zero-order valence-electron chi connectivity index (χ0n) is 17.7. The van der Waals surface area contributed by atoms with Crippen molar-refractivity contribution in [2.75, 3.05) is 13.7 Å². The third-order valence-corrected chi connectivity index (χ3v) is 4.86. The summed E-state index contributed by atoms with van der Waals surface area (Å²) < 4.78 is 10.6. The van der Waals surface area contributed by atoms with E-state index in [1.807, 2.05) is 0 Å². The van der Waals surface area contributed by atoms with Crippen molar-refractivity contribution in [3.8, 4) is 11.5 Å². The molecular weight excluding hydrogens is 457 g/mol. The average Bonchev–Trinajstić information content (AvgIpc) is 2.76. The van der Waals surface area contributed by atoms with E-state index in [1.165, 1.54) is 6.92 Å². The van der Waals surface area contributed by atoms with E-state index in [0.717, 1.165) is 5.56 Å². The van der Waals surface area contributed by atoms with Crippen LogP contribution in [-0.4, -0.2) is 31.4 Å². The van der Waals surface area contributed by atoms with Gasteiger partial charge in [0.2, 0.25) is 17.7 Å². The molecule has 0 bridgehead atoms. The molecule has 0 spiro atoms. The van der Waals surface area contributed by atoms with E-state index in [1.54, 1.807) is 49.6 Å². The van der Waals surface area contributed by atoms with Crippen molar-refractivity contribution in [3.63, 3.8) is 0 Å². The van der Waals surface area contributed by atoms with Gasteiger partial charge in [-0.3, -0.25) is 25.2 Å². The second kappa shape index (κ2) is 12.8. The molecule has 0 heterocycles. The van der Waals surface area contributed by atoms with Crippen LogP contribution in [0.5, 0.6) is 11.5 Å². The van der Waals surface area contributed by atoms with Crippen LogP contribution >= 0.6 is 23.2 Å². The molecule has 2 aromatic rings. The fourth-order valence-corrected chi connectivity index (χ4v) is 3.24. The summed E-state index contributed by atoms with van der Waals surface area (Å²) in [5.41, 5.74) is 5.46. The van der Waals surface area contributed by atoms with Crippen molar-refractivity contribution in [2.24, 2.45) is 0 Å². The number of benzene rings is 2. The van der Waals surface area contributed by atoms with E-state index in [2.05, 4.69) is 16.2 Å². The molecule has 1 atom stereocenters. The molecule has 2 aromatic carbocycles. The summed E-state index contributed by atoms with van der Waals surface area (Å²) in [4.78, 5) is 35.8. The van der Waals surface area contributed by atoms with Crippen LogP contribution in [0.4, 0.5) is 0 Å². The van der Waals surface area contributed by atoms with E-state index >= 15 is 0 Å². The summed E-state index contributed by atoms with van der Waals surface area (Å²) in [5.74, 6) is 0.0481. The molecule has 0 aromatic heterocycles. The highest BCUT2D eigenvalue weighted by Crippen LogP contribution is 2.27. The molecule has 0 fully saturated rings. The number of carbonyl (C=O) groups excluding carboxylic acids is 3. The van der Waals surface area contributed by atoms with Gasteiger partial charge in [0.25, 0.3) is 0 Å². The number of carbonyl (C=O) groups is 3. The molecule has 0 aliphatic carbocycles. The van der Waals surface area contributed by atoms with Crippen LogP contribution in [0.2, 0.25) is 10.0 Å². The maximum atomic E-state index is 12.3. The summed E-state index contributed by atoms with van der Waals surface area (Å²) >= 11 is 11.8. The van der Waals surface area contributed by atoms with Gasteiger partial charge in [-0.1, -0.05) is 35.3 Å². The highest BCUT2D eigenvalue weighted by atomic mass is 35.5. The average molecular weight is 482 g/mol. The van der Waals surface area contributed by atoms with Gasteiger partial charge in [0, 0.05) is 18.4 Å². The van der Waals surface area contributed by atoms with E-state index in [0.29, 0.717) is 28.0 Å². The number of ether oxygens (including phenoxy) is 2. The lowest BCUT2D eigenvalue weighted by Crippen LogP contribution is -2.43. The van der Waals surface area contributed by atoms with Crippen LogP contribution < -0.4 is 25.6 Å². The molecule has 32 heavy (non-hydrogen) atoms. The Morgan fingerprint density at radius 2 is 1.69 bits per heavy atom. The Hall–Kier alpha value is -2.97. The summed E-state index contributed by atoms with van der Waals surface area (Å²) in [6.07, 6.45) is 0.504. The third kappa shape index (κ3) is 8.64. The maximum absolute atomic E-state index is 12.3. The molecule has 0 saturated carbocycles. The van der Waals surface area contributed by atoms with Crippen molar-refractivity contribution >= 4 is 40.9 Å². The lowest BCUT2D eigenvalue weighted by Gasteiger charge is -2.18. The van der Waals surface area contributed by atoms with Gasteiger partial charge in [-0.25, -0.2) is 0 Å². The molecule has 0 saturated heterocycles. The van der Waals surface area contributed by atoms with Crippen LogP contribution in [0.1, 0.15) is 37.8 Å². The fourth-order valence-electron chi connectivity index (χ4n) is 2.78. The van der Waals surface area contributed by atoms with Gasteiger partial charge in [-0.15, -0.1) is 0 Å². The third-order valence-electron chi connectivity index (χ3n) is 4.33. The molecule has 2 rings (SSSR count). The Morgan fingerprint density at radius 1 is 1.00 bits per heavy atom. The number of rotatable bonds is 10. The number of nitrogens with one attached hydrogen (secondary N) is 3.